The summed E-state index contributed by atoms with van der Waals surface area (Å²) in [6.07, 6.45) is -0.900. The second-order valence-corrected chi connectivity index (χ2v) is 9.84. The standard InChI is InChI=1S/C28H20F6N6O2/c29-19-12-18(13-20(30)25(19)31)40-24(15-3-7-35-8-4-15)14-22(37-40)26(41)38-9-5-17(6-10-38)39-23-2-1-16(28(32,33)34)11-21(23)36-27(39)42/h1-4,7-8,11-14,17H,5-6,9-10H2,(H,36,42). The minimum atomic E-state index is -4.55. The van der Waals surface area contributed by atoms with Gasteiger partial charge >= 0.3 is 11.9 Å². The van der Waals surface area contributed by atoms with Crippen LogP contribution in [0.2, 0.25) is 0 Å². The number of halogens is 6. The van der Waals surface area contributed by atoms with E-state index in [0.717, 1.165) is 28.9 Å². The number of hydrogen-bond acceptors (Lipinski definition) is 4. The van der Waals surface area contributed by atoms with E-state index in [4.69, 9.17) is 0 Å². The van der Waals surface area contributed by atoms with Crippen molar-refractivity contribution in [1.82, 2.24) is 29.2 Å². The number of fused-ring (bicyclic) bond motifs is 1. The lowest BCUT2D eigenvalue weighted by atomic mass is 10.0. The number of piperidine rings is 1. The van der Waals surface area contributed by atoms with Crippen LogP contribution in [0.15, 0.2) is 65.7 Å². The van der Waals surface area contributed by atoms with Gasteiger partial charge in [-0.05, 0) is 49.2 Å². The van der Waals surface area contributed by atoms with Gasteiger partial charge in [0.25, 0.3) is 5.91 Å². The van der Waals surface area contributed by atoms with E-state index in [1.54, 1.807) is 12.1 Å². The number of carbonyl (C=O) groups is 1. The normalized spacial score (nSPS) is 14.6. The number of imidazole rings is 1. The predicted octanol–water partition coefficient (Wildman–Crippen LogP) is 5.49. The maximum Gasteiger partial charge on any atom is 0.416 e. The summed E-state index contributed by atoms with van der Waals surface area (Å²) < 4.78 is 83.6. The number of aromatic amines is 1. The summed E-state index contributed by atoms with van der Waals surface area (Å²) in [5.74, 6) is -4.95. The molecule has 1 N–H and O–H groups in total. The third kappa shape index (κ3) is 4.82. The van der Waals surface area contributed by atoms with E-state index in [9.17, 15) is 35.9 Å². The first-order valence-corrected chi connectivity index (χ1v) is 12.8. The van der Waals surface area contributed by atoms with Crippen molar-refractivity contribution < 1.29 is 31.1 Å². The monoisotopic (exact) mass is 586 g/mol. The third-order valence-electron chi connectivity index (χ3n) is 7.28. The van der Waals surface area contributed by atoms with Crippen LogP contribution in [0.4, 0.5) is 26.3 Å². The van der Waals surface area contributed by atoms with E-state index in [1.165, 1.54) is 34.0 Å². The second kappa shape index (κ2) is 10.2. The lowest BCUT2D eigenvalue weighted by Gasteiger charge is -2.32. The van der Waals surface area contributed by atoms with Gasteiger partial charge in [0.15, 0.2) is 23.1 Å². The number of pyridine rings is 1. The van der Waals surface area contributed by atoms with Gasteiger partial charge in [-0.3, -0.25) is 14.3 Å². The third-order valence-corrected chi connectivity index (χ3v) is 7.28. The molecule has 1 saturated heterocycles. The average molecular weight is 586 g/mol. The molecule has 0 aliphatic carbocycles. The lowest BCUT2D eigenvalue weighted by Crippen LogP contribution is -2.40. The number of amides is 1. The van der Waals surface area contributed by atoms with Crippen LogP contribution in [0.5, 0.6) is 0 Å². The Labute approximate surface area is 232 Å². The van der Waals surface area contributed by atoms with Gasteiger partial charge < -0.3 is 9.88 Å². The summed E-state index contributed by atoms with van der Waals surface area (Å²) in [6, 6.07) is 8.90. The maximum atomic E-state index is 14.0. The molecule has 4 heterocycles. The highest BCUT2D eigenvalue weighted by molar-refractivity contribution is 5.93. The fourth-order valence-corrected chi connectivity index (χ4v) is 5.23. The molecule has 0 unspecified atom stereocenters. The van der Waals surface area contributed by atoms with Crippen LogP contribution < -0.4 is 5.69 Å². The van der Waals surface area contributed by atoms with Crippen LogP contribution in [-0.4, -0.2) is 48.2 Å². The Bertz CT molecular complexity index is 1850. The smallest absolute Gasteiger partial charge is 0.337 e. The van der Waals surface area contributed by atoms with E-state index in [2.05, 4.69) is 15.1 Å². The molecule has 0 saturated carbocycles. The molecule has 14 heteroatoms. The molecule has 6 rings (SSSR count). The summed E-state index contributed by atoms with van der Waals surface area (Å²) in [5.41, 5.74) is -0.349. The molecule has 2 aromatic carbocycles. The Morgan fingerprint density at radius 1 is 0.929 bits per heavy atom. The van der Waals surface area contributed by atoms with E-state index in [-0.39, 0.29) is 36.0 Å². The molecular weight excluding hydrogens is 566 g/mol. The van der Waals surface area contributed by atoms with Gasteiger partial charge in [-0.2, -0.15) is 18.3 Å². The molecule has 1 amide bonds. The largest absolute Gasteiger partial charge is 0.416 e. The minimum absolute atomic E-state index is 0.0330. The van der Waals surface area contributed by atoms with Crippen LogP contribution in [0.1, 0.15) is 34.9 Å². The number of carbonyl (C=O) groups excluding carboxylic acids is 1. The van der Waals surface area contributed by atoms with Crippen LogP contribution in [-0.2, 0) is 6.18 Å². The molecule has 1 aliphatic heterocycles. The van der Waals surface area contributed by atoms with Crippen molar-refractivity contribution >= 4 is 16.9 Å². The quantitative estimate of drug-likeness (QED) is 0.223. The number of likely N-dealkylation sites (tertiary alicyclic amines) is 1. The summed E-state index contributed by atoms with van der Waals surface area (Å²) >= 11 is 0. The van der Waals surface area contributed by atoms with Gasteiger partial charge in [0.05, 0.1) is 28.0 Å². The minimum Gasteiger partial charge on any atom is -0.337 e. The molecule has 0 radical (unpaired) electrons. The fraction of sp³-hybridized carbons (Fsp3) is 0.214. The van der Waals surface area contributed by atoms with Gasteiger partial charge in [0.1, 0.15) is 0 Å². The number of H-pyrrole nitrogens is 1. The van der Waals surface area contributed by atoms with Crippen molar-refractivity contribution in [2.24, 2.45) is 0 Å². The number of benzene rings is 2. The van der Waals surface area contributed by atoms with E-state index >= 15 is 0 Å². The first-order valence-electron chi connectivity index (χ1n) is 12.8. The van der Waals surface area contributed by atoms with Crippen molar-refractivity contribution in [3.8, 4) is 16.9 Å². The predicted molar refractivity (Wildman–Crippen MR) is 138 cm³/mol. The SMILES string of the molecule is O=C(c1cc(-c2ccncc2)n(-c2cc(F)c(F)c(F)c2)n1)N1CCC(n2c(=O)[nH]c3cc(C(F)(F)F)ccc32)CC1. The summed E-state index contributed by atoms with van der Waals surface area (Å²) in [6.45, 7) is 0.418. The number of nitrogens with one attached hydrogen (secondary N) is 1. The van der Waals surface area contributed by atoms with Crippen molar-refractivity contribution in [2.45, 2.75) is 25.1 Å². The number of nitrogens with zero attached hydrogens (tertiary/aromatic N) is 5. The van der Waals surface area contributed by atoms with Crippen molar-refractivity contribution in [3.63, 3.8) is 0 Å². The van der Waals surface area contributed by atoms with Crippen LogP contribution in [0.3, 0.4) is 0 Å². The summed E-state index contributed by atoms with van der Waals surface area (Å²) in [4.78, 5) is 34.1. The average Bonchev–Trinajstić information content (AvgIpc) is 3.56. The lowest BCUT2D eigenvalue weighted by molar-refractivity contribution is -0.137. The fourth-order valence-electron chi connectivity index (χ4n) is 5.23. The topological polar surface area (TPSA) is 88.8 Å². The van der Waals surface area contributed by atoms with Gasteiger partial charge in [-0.25, -0.2) is 22.6 Å². The van der Waals surface area contributed by atoms with Crippen molar-refractivity contribution in [3.05, 3.63) is 100 Å². The van der Waals surface area contributed by atoms with Gasteiger partial charge in [-0.15, -0.1) is 0 Å². The highest BCUT2D eigenvalue weighted by Gasteiger charge is 2.32. The Kier molecular flexibility index (Phi) is 6.62. The molecule has 1 fully saturated rings. The van der Waals surface area contributed by atoms with E-state index in [1.807, 2.05) is 0 Å². The van der Waals surface area contributed by atoms with Crippen LogP contribution >= 0.6 is 0 Å². The molecule has 0 bridgehead atoms. The molecule has 1 aliphatic rings. The molecule has 8 nitrogen and oxygen atoms in total. The number of alkyl halides is 3. The van der Waals surface area contributed by atoms with E-state index < -0.39 is 40.8 Å². The molecule has 0 spiro atoms. The first kappa shape index (κ1) is 27.3. The molecule has 5 aromatic rings. The van der Waals surface area contributed by atoms with Crippen LogP contribution in [0.25, 0.3) is 28.0 Å². The Hall–Kier alpha value is -4.88. The zero-order chi connectivity index (χ0) is 29.8. The Morgan fingerprint density at radius 2 is 1.60 bits per heavy atom. The summed E-state index contributed by atoms with van der Waals surface area (Å²) in [7, 11) is 0. The number of rotatable bonds is 4. The molecular formula is C28H20F6N6O2. The second-order valence-electron chi connectivity index (χ2n) is 9.84. The Morgan fingerprint density at radius 3 is 2.24 bits per heavy atom. The van der Waals surface area contributed by atoms with Crippen molar-refractivity contribution in [1.29, 1.82) is 0 Å². The van der Waals surface area contributed by atoms with Gasteiger partial charge in [-0.1, -0.05) is 0 Å². The van der Waals surface area contributed by atoms with E-state index in [0.29, 0.717) is 29.6 Å². The van der Waals surface area contributed by atoms with Gasteiger partial charge in [0, 0.05) is 49.2 Å². The van der Waals surface area contributed by atoms with Crippen LogP contribution in [0, 0.1) is 17.5 Å². The maximum absolute atomic E-state index is 14.0. The molecule has 0 atom stereocenters. The summed E-state index contributed by atoms with van der Waals surface area (Å²) in [5, 5.41) is 4.29. The Balaban J connectivity index is 1.27. The first-order chi connectivity index (χ1) is 20.0. The molecule has 42 heavy (non-hydrogen) atoms. The van der Waals surface area contributed by atoms with Gasteiger partial charge in [0.2, 0.25) is 0 Å². The number of hydrogen-bond donors (Lipinski definition) is 1. The highest BCUT2D eigenvalue weighted by Crippen LogP contribution is 2.33. The molecule has 3 aromatic heterocycles. The zero-order valence-corrected chi connectivity index (χ0v) is 21.5. The zero-order valence-electron chi connectivity index (χ0n) is 21.5. The molecule has 216 valence electrons. The number of aromatic nitrogens is 5. The van der Waals surface area contributed by atoms with Crippen molar-refractivity contribution in [2.75, 3.05) is 13.1 Å². The highest BCUT2D eigenvalue weighted by atomic mass is 19.4.